The number of hydrogen-bond donors (Lipinski definition) is 9. The van der Waals surface area contributed by atoms with Crippen molar-refractivity contribution in [3.8, 4) is 0 Å². The number of nitrogens with one attached hydrogen (secondary N) is 4. The summed E-state index contributed by atoms with van der Waals surface area (Å²) in [5, 5.41) is 17.0. The summed E-state index contributed by atoms with van der Waals surface area (Å²) in [5.74, 6) is -4.65. The average Bonchev–Trinajstić information content (AvgIpc) is 3.34. The molecule has 4 atom stereocenters. The lowest BCUT2D eigenvalue weighted by molar-refractivity contribution is -0.142. The highest BCUT2D eigenvalue weighted by molar-refractivity contribution is 5.94. The summed E-state index contributed by atoms with van der Waals surface area (Å²) in [6.45, 7) is 3.64. The van der Waals surface area contributed by atoms with Gasteiger partial charge in [-0.05, 0) is 25.2 Å². The van der Waals surface area contributed by atoms with Crippen molar-refractivity contribution in [2.75, 3.05) is 6.54 Å². The van der Waals surface area contributed by atoms with Gasteiger partial charge in [0, 0.05) is 31.3 Å². The Morgan fingerprint density at radius 1 is 1.00 bits per heavy atom. The van der Waals surface area contributed by atoms with Crippen LogP contribution in [0.5, 0.6) is 0 Å². The largest absolute Gasteiger partial charge is 0.480 e. The second kappa shape index (κ2) is 15.8. The molecule has 0 spiro atoms. The molecule has 0 radical (unpaired) electrons. The number of carbonyl (C=O) groups excluding carboxylic acids is 4. The summed E-state index contributed by atoms with van der Waals surface area (Å²) < 4.78 is 0. The predicted molar refractivity (Wildman–Crippen MR) is 137 cm³/mol. The maximum absolute atomic E-state index is 13.1. The van der Waals surface area contributed by atoms with Crippen LogP contribution in [0.15, 0.2) is 17.5 Å². The Morgan fingerprint density at radius 3 is 2.18 bits per heavy atom. The van der Waals surface area contributed by atoms with Crippen LogP contribution in [0.1, 0.15) is 45.2 Å². The van der Waals surface area contributed by atoms with Crippen LogP contribution in [0.4, 0.5) is 0 Å². The fourth-order valence-electron chi connectivity index (χ4n) is 3.35. The summed E-state index contributed by atoms with van der Waals surface area (Å²) in [7, 11) is 0. The van der Waals surface area contributed by atoms with E-state index >= 15 is 0 Å². The van der Waals surface area contributed by atoms with Crippen molar-refractivity contribution >= 4 is 35.6 Å². The van der Waals surface area contributed by atoms with Crippen molar-refractivity contribution in [3.05, 3.63) is 18.2 Å². The van der Waals surface area contributed by atoms with Crippen molar-refractivity contribution < 1.29 is 29.1 Å². The zero-order valence-electron chi connectivity index (χ0n) is 21.5. The fraction of sp³-hybridized carbons (Fsp3) is 0.591. The van der Waals surface area contributed by atoms with Crippen LogP contribution in [-0.2, 0) is 30.4 Å². The third-order valence-corrected chi connectivity index (χ3v) is 5.46. The van der Waals surface area contributed by atoms with E-state index in [1.807, 2.05) is 0 Å². The number of nitrogens with zero attached hydrogens (tertiary/aromatic N) is 2. The van der Waals surface area contributed by atoms with Gasteiger partial charge in [0.1, 0.15) is 18.1 Å². The normalized spacial score (nSPS) is 14.0. The van der Waals surface area contributed by atoms with E-state index in [0.29, 0.717) is 12.1 Å². The van der Waals surface area contributed by atoms with Crippen molar-refractivity contribution in [2.45, 2.75) is 70.1 Å². The number of H-pyrrole nitrogens is 1. The molecule has 0 saturated heterocycles. The molecule has 13 N–H and O–H groups in total. The Morgan fingerprint density at radius 2 is 1.66 bits per heavy atom. The molecule has 16 heteroatoms. The Balaban J connectivity index is 2.91. The number of aromatic amines is 1. The number of aliphatic imine (C=N–C) groups is 1. The number of imidazole rings is 1. The molecular formula is C22H38N10O6. The van der Waals surface area contributed by atoms with Crippen LogP contribution >= 0.6 is 0 Å². The van der Waals surface area contributed by atoms with Gasteiger partial charge in [0.05, 0.1) is 12.4 Å². The maximum atomic E-state index is 13.1. The molecule has 4 amide bonds. The van der Waals surface area contributed by atoms with Gasteiger partial charge >= 0.3 is 5.97 Å². The van der Waals surface area contributed by atoms with Crippen LogP contribution in [0.2, 0.25) is 0 Å². The summed E-state index contributed by atoms with van der Waals surface area (Å²) >= 11 is 0. The minimum absolute atomic E-state index is 0.0783. The highest BCUT2D eigenvalue weighted by Crippen LogP contribution is 2.07. The second-order valence-corrected chi connectivity index (χ2v) is 9.03. The molecule has 0 aliphatic carbocycles. The van der Waals surface area contributed by atoms with E-state index in [0.717, 1.165) is 0 Å². The van der Waals surface area contributed by atoms with Crippen LogP contribution in [-0.4, -0.2) is 81.3 Å². The number of aliphatic carboxylic acids is 1. The number of amides is 4. The number of carboxylic acids is 1. The Hall–Kier alpha value is -4.21. The monoisotopic (exact) mass is 538 g/mol. The first kappa shape index (κ1) is 31.8. The van der Waals surface area contributed by atoms with Gasteiger partial charge in [0.2, 0.25) is 23.6 Å². The first-order chi connectivity index (χ1) is 17.8. The van der Waals surface area contributed by atoms with Gasteiger partial charge in [-0.2, -0.15) is 0 Å². The molecule has 0 aliphatic rings. The van der Waals surface area contributed by atoms with Crippen molar-refractivity contribution in [1.82, 2.24) is 25.9 Å². The van der Waals surface area contributed by atoms with Crippen molar-refractivity contribution in [3.63, 3.8) is 0 Å². The van der Waals surface area contributed by atoms with Gasteiger partial charge in [0.15, 0.2) is 5.96 Å². The van der Waals surface area contributed by atoms with Crippen molar-refractivity contribution in [2.24, 2.45) is 33.8 Å². The molecule has 0 fully saturated rings. The maximum Gasteiger partial charge on any atom is 0.326 e. The van der Waals surface area contributed by atoms with Gasteiger partial charge in [-0.1, -0.05) is 13.8 Å². The lowest BCUT2D eigenvalue weighted by atomic mass is 10.0. The smallest absolute Gasteiger partial charge is 0.326 e. The molecule has 1 aromatic heterocycles. The van der Waals surface area contributed by atoms with Crippen LogP contribution < -0.4 is 38.9 Å². The number of carbonyl (C=O) groups is 5. The zero-order chi connectivity index (χ0) is 28.8. The first-order valence-electron chi connectivity index (χ1n) is 12.0. The van der Waals surface area contributed by atoms with Crippen LogP contribution in [0.25, 0.3) is 0 Å². The molecule has 0 saturated carbocycles. The lowest BCUT2D eigenvalue weighted by Gasteiger charge is -2.27. The van der Waals surface area contributed by atoms with E-state index in [2.05, 4.69) is 30.9 Å². The molecule has 212 valence electrons. The van der Waals surface area contributed by atoms with E-state index < -0.39 is 59.7 Å². The number of carboxylic acid groups (broad SMARTS) is 1. The molecule has 1 rings (SSSR count). The van der Waals surface area contributed by atoms with Gasteiger partial charge in [-0.3, -0.25) is 24.2 Å². The molecule has 38 heavy (non-hydrogen) atoms. The summed E-state index contributed by atoms with van der Waals surface area (Å²) in [6.07, 6.45) is 2.93. The van der Waals surface area contributed by atoms with E-state index in [4.69, 9.17) is 22.9 Å². The second-order valence-electron chi connectivity index (χ2n) is 9.03. The third kappa shape index (κ3) is 11.7. The molecule has 4 unspecified atom stereocenters. The SMILES string of the molecule is CC(C)C(NC(=O)C(N)CCCN=C(N)N)C(=O)NC(CCC(N)=O)C(=O)NC(Cc1cnc[nH]1)C(=O)O. The van der Waals surface area contributed by atoms with Gasteiger partial charge in [0.25, 0.3) is 0 Å². The molecule has 1 heterocycles. The molecular weight excluding hydrogens is 500 g/mol. The number of aromatic nitrogens is 2. The fourth-order valence-corrected chi connectivity index (χ4v) is 3.35. The molecule has 0 bridgehead atoms. The number of primary amides is 1. The topological polar surface area (TPSA) is 287 Å². The first-order valence-corrected chi connectivity index (χ1v) is 12.0. The van der Waals surface area contributed by atoms with Crippen LogP contribution in [0.3, 0.4) is 0 Å². The minimum atomic E-state index is -1.34. The minimum Gasteiger partial charge on any atom is -0.480 e. The highest BCUT2D eigenvalue weighted by Gasteiger charge is 2.32. The number of guanidine groups is 1. The van der Waals surface area contributed by atoms with E-state index in [1.165, 1.54) is 12.5 Å². The standard InChI is InChI=1S/C22H38N10O6/c1-11(2)17(32-18(34)13(23)4-3-7-28-22(25)26)20(36)30-14(5-6-16(24)33)19(35)31-15(21(37)38)8-12-9-27-10-29-12/h9-11,13-15,17H,3-8,23H2,1-2H3,(H2,24,33)(H,27,29)(H,30,36)(H,31,35)(H,32,34)(H,37,38)(H4,25,26,28). The van der Waals surface area contributed by atoms with E-state index in [-0.39, 0.29) is 38.2 Å². The Kier molecular flexibility index (Phi) is 13.2. The molecule has 0 aliphatic heterocycles. The van der Waals surface area contributed by atoms with E-state index in [9.17, 15) is 29.1 Å². The summed E-state index contributed by atoms with van der Waals surface area (Å²) in [4.78, 5) is 72.0. The highest BCUT2D eigenvalue weighted by atomic mass is 16.4. The van der Waals surface area contributed by atoms with Gasteiger partial charge < -0.3 is 49.0 Å². The Labute approximate surface area is 219 Å². The van der Waals surface area contributed by atoms with Crippen molar-refractivity contribution in [1.29, 1.82) is 0 Å². The quantitative estimate of drug-likeness (QED) is 0.0543. The van der Waals surface area contributed by atoms with Crippen LogP contribution in [0, 0.1) is 5.92 Å². The molecule has 0 aromatic carbocycles. The lowest BCUT2D eigenvalue weighted by Crippen LogP contribution is -2.58. The molecule has 1 aromatic rings. The summed E-state index contributed by atoms with van der Waals surface area (Å²) in [6, 6.07) is -4.65. The Bertz CT molecular complexity index is 977. The average molecular weight is 539 g/mol. The van der Waals surface area contributed by atoms with E-state index in [1.54, 1.807) is 13.8 Å². The van der Waals surface area contributed by atoms with Gasteiger partial charge in [-0.15, -0.1) is 0 Å². The summed E-state index contributed by atoms with van der Waals surface area (Å²) in [5.41, 5.74) is 22.1. The van der Waals surface area contributed by atoms with Gasteiger partial charge in [-0.25, -0.2) is 9.78 Å². The third-order valence-electron chi connectivity index (χ3n) is 5.46. The molecule has 16 nitrogen and oxygen atoms in total. The number of hydrogen-bond acceptors (Lipinski definition) is 8. The predicted octanol–water partition coefficient (Wildman–Crippen LogP) is -3.21. The number of nitrogens with two attached hydrogens (primary N) is 4. The number of rotatable bonds is 17. The zero-order valence-corrected chi connectivity index (χ0v) is 21.5.